The number of likely N-dealkylation sites (tertiary alicyclic amines) is 3. The van der Waals surface area contributed by atoms with Crippen molar-refractivity contribution >= 4 is 17.7 Å². The van der Waals surface area contributed by atoms with Crippen molar-refractivity contribution in [1.29, 1.82) is 0 Å². The topological polar surface area (TPSA) is 131 Å². The van der Waals surface area contributed by atoms with Gasteiger partial charge in [0.05, 0.1) is 6.04 Å². The number of pyridine rings is 1. The van der Waals surface area contributed by atoms with Crippen LogP contribution in [-0.4, -0.2) is 96.6 Å². The third-order valence-electron chi connectivity index (χ3n) is 10.9. The van der Waals surface area contributed by atoms with E-state index in [1.165, 1.54) is 11.1 Å². The Labute approximate surface area is 293 Å². The molecule has 2 N–H and O–H groups in total. The minimum Gasteiger partial charge on any atom is -0.338 e. The second kappa shape index (κ2) is 13.8. The fourth-order valence-corrected chi connectivity index (χ4v) is 7.92. The lowest BCUT2D eigenvalue weighted by atomic mass is 9.92. The molecule has 3 amide bonds. The van der Waals surface area contributed by atoms with Gasteiger partial charge >= 0.3 is 0 Å². The van der Waals surface area contributed by atoms with E-state index in [4.69, 9.17) is 4.98 Å². The molecule has 7 rings (SSSR count). The Balaban J connectivity index is 0.927. The lowest BCUT2D eigenvalue weighted by Crippen LogP contribution is -2.40. The molecule has 3 fully saturated rings. The van der Waals surface area contributed by atoms with Crippen molar-refractivity contribution in [2.75, 3.05) is 32.7 Å². The highest BCUT2D eigenvalue weighted by molar-refractivity contribution is 5.93. The summed E-state index contributed by atoms with van der Waals surface area (Å²) >= 11 is 0. The highest BCUT2D eigenvalue weighted by atomic mass is 16.2. The lowest BCUT2D eigenvalue weighted by Gasteiger charge is -2.25. The molecule has 0 spiro atoms. The van der Waals surface area contributed by atoms with Crippen molar-refractivity contribution in [2.24, 2.45) is 5.92 Å². The molecule has 3 aliphatic heterocycles. The number of hydrogen-bond donors (Lipinski definition) is 2. The molecule has 0 aliphatic carbocycles. The summed E-state index contributed by atoms with van der Waals surface area (Å²) in [6.07, 6.45) is 3.11. The molecule has 50 heavy (non-hydrogen) atoms. The number of carbonyl (C=O) groups is 3. The van der Waals surface area contributed by atoms with Crippen molar-refractivity contribution in [1.82, 2.24) is 40.1 Å². The summed E-state index contributed by atoms with van der Waals surface area (Å²) in [7, 11) is 0. The first-order chi connectivity index (χ1) is 24.0. The molecular formula is C39H48N8O3. The fourth-order valence-electron chi connectivity index (χ4n) is 7.92. The summed E-state index contributed by atoms with van der Waals surface area (Å²) in [5, 5.41) is 14.7. The van der Waals surface area contributed by atoms with Gasteiger partial charge in [0.1, 0.15) is 11.4 Å². The van der Waals surface area contributed by atoms with Crippen molar-refractivity contribution in [3.8, 4) is 11.1 Å². The minimum atomic E-state index is -0.0944. The van der Waals surface area contributed by atoms with Crippen LogP contribution in [0.5, 0.6) is 0 Å². The maximum Gasteiger partial charge on any atom is 0.274 e. The molecule has 6 heterocycles. The average Bonchev–Trinajstić information content (AvgIpc) is 3.94. The first kappa shape index (κ1) is 33.7. The number of aryl methyl sites for hydroxylation is 2. The fraction of sp³-hybridized carbons (Fsp3) is 0.487. The van der Waals surface area contributed by atoms with Gasteiger partial charge in [0.25, 0.3) is 11.8 Å². The smallest absolute Gasteiger partial charge is 0.274 e. The molecule has 0 saturated carbocycles. The van der Waals surface area contributed by atoms with Gasteiger partial charge in [-0.1, -0.05) is 50.6 Å². The number of carbonyl (C=O) groups excluding carboxylic acids is 3. The van der Waals surface area contributed by atoms with E-state index in [-0.39, 0.29) is 47.4 Å². The zero-order valence-electron chi connectivity index (χ0n) is 29.8. The van der Waals surface area contributed by atoms with E-state index in [0.717, 1.165) is 47.6 Å². The van der Waals surface area contributed by atoms with Gasteiger partial charge in [-0.15, -0.1) is 0 Å². The molecule has 1 aromatic carbocycles. The summed E-state index contributed by atoms with van der Waals surface area (Å²) in [4.78, 5) is 50.8. The summed E-state index contributed by atoms with van der Waals surface area (Å²) in [6, 6.07) is 16.5. The van der Waals surface area contributed by atoms with E-state index in [2.05, 4.69) is 84.5 Å². The molecule has 11 nitrogen and oxygen atoms in total. The van der Waals surface area contributed by atoms with E-state index in [9.17, 15) is 14.4 Å². The van der Waals surface area contributed by atoms with Crippen LogP contribution < -0.4 is 0 Å². The van der Waals surface area contributed by atoms with E-state index in [0.29, 0.717) is 50.5 Å². The Bertz CT molecular complexity index is 1890. The number of H-pyrrole nitrogens is 2. The van der Waals surface area contributed by atoms with Gasteiger partial charge in [-0.25, -0.2) is 0 Å². The molecule has 3 aromatic heterocycles. The van der Waals surface area contributed by atoms with Crippen LogP contribution in [-0.2, 0) is 4.79 Å². The van der Waals surface area contributed by atoms with Crippen LogP contribution in [0, 0.1) is 19.8 Å². The molecule has 0 radical (unpaired) electrons. The molecule has 11 heteroatoms. The van der Waals surface area contributed by atoms with Crippen LogP contribution in [0.3, 0.4) is 0 Å². The quantitative estimate of drug-likeness (QED) is 0.230. The number of benzene rings is 1. The minimum absolute atomic E-state index is 0.0278. The van der Waals surface area contributed by atoms with E-state index < -0.39 is 0 Å². The van der Waals surface area contributed by atoms with Gasteiger partial charge in [0.15, 0.2) is 0 Å². The van der Waals surface area contributed by atoms with E-state index >= 15 is 0 Å². The molecule has 3 saturated heterocycles. The summed E-state index contributed by atoms with van der Waals surface area (Å²) in [6.45, 7) is 13.5. The highest BCUT2D eigenvalue weighted by Gasteiger charge is 2.40. The second-order valence-electron chi connectivity index (χ2n) is 14.9. The molecule has 0 bridgehead atoms. The first-order valence-corrected chi connectivity index (χ1v) is 18.1. The number of amides is 3. The van der Waals surface area contributed by atoms with E-state index in [1.807, 2.05) is 33.8 Å². The maximum atomic E-state index is 13.6. The number of nitrogens with one attached hydrogen (secondary N) is 2. The summed E-state index contributed by atoms with van der Waals surface area (Å²) in [5.74, 6) is 0.384. The monoisotopic (exact) mass is 676 g/mol. The Morgan fingerprint density at radius 1 is 0.820 bits per heavy atom. The van der Waals surface area contributed by atoms with Crippen molar-refractivity contribution in [3.05, 3.63) is 88.3 Å². The second-order valence-corrected chi connectivity index (χ2v) is 14.9. The van der Waals surface area contributed by atoms with Gasteiger partial charge in [-0.3, -0.25) is 29.6 Å². The third kappa shape index (κ3) is 6.82. The van der Waals surface area contributed by atoms with Crippen molar-refractivity contribution in [2.45, 2.75) is 84.1 Å². The van der Waals surface area contributed by atoms with Crippen LogP contribution >= 0.6 is 0 Å². The van der Waals surface area contributed by atoms with Crippen molar-refractivity contribution in [3.63, 3.8) is 0 Å². The Hall–Kier alpha value is -4.80. The maximum absolute atomic E-state index is 13.6. The summed E-state index contributed by atoms with van der Waals surface area (Å²) < 4.78 is 0. The van der Waals surface area contributed by atoms with Crippen LogP contribution in [0.2, 0.25) is 0 Å². The van der Waals surface area contributed by atoms with E-state index in [1.54, 1.807) is 0 Å². The summed E-state index contributed by atoms with van der Waals surface area (Å²) in [5.41, 5.74) is 8.22. The first-order valence-electron chi connectivity index (χ1n) is 18.1. The number of aromatic nitrogens is 5. The zero-order chi connectivity index (χ0) is 35.1. The molecule has 4 atom stereocenters. The molecule has 262 valence electrons. The average molecular weight is 677 g/mol. The zero-order valence-corrected chi connectivity index (χ0v) is 29.8. The van der Waals surface area contributed by atoms with Gasteiger partial charge in [0.2, 0.25) is 5.91 Å². The predicted octanol–water partition coefficient (Wildman–Crippen LogP) is 5.82. The van der Waals surface area contributed by atoms with Gasteiger partial charge in [-0.2, -0.15) is 10.2 Å². The molecule has 4 aromatic rings. The Morgan fingerprint density at radius 3 is 2.24 bits per heavy atom. The van der Waals surface area contributed by atoms with Crippen LogP contribution in [0.1, 0.15) is 114 Å². The van der Waals surface area contributed by atoms with Gasteiger partial charge < -0.3 is 14.7 Å². The number of rotatable bonds is 9. The SMILES string of the molecule is Cc1cccc(-c2cc(C)nc(C3CCN(C(=O)c4cc(C(C)CC5CCN(C6CCN(C(=O)c7cc(C(C)C)[nH]n7)C6)C5=O)[nH]n4)C3)c2)c1. The number of nitrogens with zero attached hydrogens (tertiary/aromatic N) is 6. The lowest BCUT2D eigenvalue weighted by molar-refractivity contribution is -0.133. The molecule has 3 aliphatic rings. The molecule has 4 unspecified atom stereocenters. The Kier molecular flexibility index (Phi) is 9.32. The van der Waals surface area contributed by atoms with Crippen LogP contribution in [0.4, 0.5) is 0 Å². The van der Waals surface area contributed by atoms with Crippen molar-refractivity contribution < 1.29 is 14.4 Å². The molecular weight excluding hydrogens is 628 g/mol. The largest absolute Gasteiger partial charge is 0.338 e. The standard InChI is InChI=1S/C39H48N8O3/c1-23(2)32-19-35(43-41-32)39(50)46-13-11-31(22-46)47-14-10-28(37(47)48)16-25(4)33-20-36(44-42-33)38(49)45-12-9-29(21-45)34-18-30(17-26(5)40-34)27-8-6-7-24(3)15-27/h6-8,15,17-20,23,25,28-29,31H,9-14,16,21-22H2,1-5H3,(H,41,43)(H,42,44). The number of aromatic amines is 2. The Morgan fingerprint density at radius 2 is 1.52 bits per heavy atom. The van der Waals surface area contributed by atoms with Crippen LogP contribution in [0.25, 0.3) is 11.1 Å². The predicted molar refractivity (Wildman–Crippen MR) is 191 cm³/mol. The van der Waals surface area contributed by atoms with Crippen LogP contribution in [0.15, 0.2) is 48.5 Å². The van der Waals surface area contributed by atoms with Gasteiger partial charge in [0, 0.05) is 67.3 Å². The third-order valence-corrected chi connectivity index (χ3v) is 10.9. The highest BCUT2D eigenvalue weighted by Crippen LogP contribution is 2.34. The normalized spacial score (nSPS) is 21.5. The number of hydrogen-bond acceptors (Lipinski definition) is 6. The van der Waals surface area contributed by atoms with Gasteiger partial charge in [-0.05, 0) is 86.8 Å².